The van der Waals surface area contributed by atoms with E-state index in [1.165, 1.54) is 0 Å². The first-order valence-electron chi connectivity index (χ1n) is 8.86. The third kappa shape index (κ3) is 5.53. The zero-order valence-corrected chi connectivity index (χ0v) is 19.8. The van der Waals surface area contributed by atoms with Crippen LogP contribution in [0.3, 0.4) is 0 Å². The second kappa shape index (κ2) is 8.80. The number of imidazole rings is 1. The summed E-state index contributed by atoms with van der Waals surface area (Å²) < 4.78 is 82.4. The highest BCUT2D eigenvalue weighted by Crippen LogP contribution is 2.66. The minimum absolute atomic E-state index is 0.334. The zero-order chi connectivity index (χ0) is 26.6. The summed E-state index contributed by atoms with van der Waals surface area (Å²) in [6.45, 7) is -0.752. The maximum absolute atomic E-state index is 15.8. The van der Waals surface area contributed by atoms with E-state index in [0.29, 0.717) is 0 Å². The van der Waals surface area contributed by atoms with Gasteiger partial charge in [0, 0.05) is 0 Å². The van der Waals surface area contributed by atoms with E-state index in [4.69, 9.17) is 31.6 Å². The summed E-state index contributed by atoms with van der Waals surface area (Å²) in [5, 5.41) is 0. The second-order valence-electron chi connectivity index (χ2n) is 7.03. The third-order valence-electron chi connectivity index (χ3n) is 4.71. The van der Waals surface area contributed by atoms with Crippen LogP contribution in [0.4, 0.5) is 14.7 Å². The number of alkyl halides is 2. The normalized spacial score (nSPS) is 30.6. The molecule has 6 atom stereocenters. The molecule has 0 aromatic carbocycles. The molecule has 7 N–H and O–H groups in total. The fourth-order valence-electron chi connectivity index (χ4n) is 3.10. The lowest BCUT2D eigenvalue weighted by Crippen LogP contribution is -2.40. The van der Waals surface area contributed by atoms with Crippen molar-refractivity contribution in [1.29, 1.82) is 0 Å². The molecule has 1 fully saturated rings. The van der Waals surface area contributed by atoms with E-state index < -0.39 is 65.3 Å². The highest BCUT2D eigenvalue weighted by atomic mass is 31.3. The molecular weight excluding hydrogens is 549 g/mol. The molecule has 194 valence electrons. The Kier molecular flexibility index (Phi) is 6.92. The lowest BCUT2D eigenvalue weighted by Gasteiger charge is -2.26. The van der Waals surface area contributed by atoms with Crippen molar-refractivity contribution in [1.82, 2.24) is 19.5 Å². The van der Waals surface area contributed by atoms with Crippen LogP contribution < -0.4 is 11.3 Å². The Labute approximate surface area is 192 Å². The van der Waals surface area contributed by atoms with Crippen molar-refractivity contribution >= 4 is 40.6 Å². The minimum Gasteiger partial charge on any atom is -0.369 e. The highest BCUT2D eigenvalue weighted by Gasteiger charge is 2.65. The Hall–Kier alpha value is -2.06. The van der Waals surface area contributed by atoms with Gasteiger partial charge in [0.05, 0.1) is 12.2 Å². The monoisotopic (exact) mass is 565 g/mol. The molecule has 1 aliphatic heterocycles. The van der Waals surface area contributed by atoms with Crippen molar-refractivity contribution in [3.63, 3.8) is 0 Å². The fourth-order valence-corrected chi connectivity index (χ4v) is 6.14. The number of phosphoric ester groups is 1. The molecule has 3 heterocycles. The first-order chi connectivity index (χ1) is 15.8. The maximum atomic E-state index is 15.8. The van der Waals surface area contributed by atoms with Crippen molar-refractivity contribution in [3.8, 4) is 12.3 Å². The molecule has 0 saturated carbocycles. The van der Waals surface area contributed by atoms with Crippen LogP contribution in [0.2, 0.25) is 0 Å². The summed E-state index contributed by atoms with van der Waals surface area (Å²) in [5.74, 6) is -3.98. The van der Waals surface area contributed by atoms with E-state index in [2.05, 4.69) is 28.1 Å². The number of H-pyrrole nitrogens is 1. The number of hydrogen-bond acceptors (Lipinski definition) is 11. The number of rotatable bonds is 8. The number of aromatic amines is 1. The number of terminal acetylenes is 1. The number of ether oxygens (including phenoxy) is 1. The SMILES string of the molecule is C#C[C@]1(F)[C@H](n2cnc3c(=O)[nH]c(N)nc32)O[C@](F)(COP(=O)(O)OP(=O)(O)OP(=O)(O)O)[C@H]1C. The minimum atomic E-state index is -5.89. The van der Waals surface area contributed by atoms with Gasteiger partial charge in [-0.05, 0) is 0 Å². The van der Waals surface area contributed by atoms with Crippen molar-refractivity contribution in [2.75, 3.05) is 12.3 Å². The lowest BCUT2D eigenvalue weighted by atomic mass is 9.87. The fraction of sp³-hybridized carbons (Fsp3) is 0.462. The predicted octanol–water partition coefficient (Wildman–Crippen LogP) is 0.217. The molecule has 17 nitrogen and oxygen atoms in total. The van der Waals surface area contributed by atoms with Gasteiger partial charge in [-0.15, -0.1) is 6.42 Å². The van der Waals surface area contributed by atoms with Gasteiger partial charge in [0.25, 0.3) is 5.56 Å². The Morgan fingerprint density at radius 3 is 2.49 bits per heavy atom. The molecule has 0 amide bonds. The Bertz CT molecular complexity index is 1400. The molecular formula is C13H16F2N5O12P3. The van der Waals surface area contributed by atoms with Crippen LogP contribution >= 0.6 is 23.5 Å². The number of nitrogen functional groups attached to an aromatic ring is 1. The van der Waals surface area contributed by atoms with Gasteiger partial charge in [-0.1, -0.05) is 12.8 Å². The number of hydrogen-bond donors (Lipinski definition) is 6. The Balaban J connectivity index is 1.89. The molecule has 22 heteroatoms. The van der Waals surface area contributed by atoms with Gasteiger partial charge in [-0.25, -0.2) is 27.5 Å². The molecule has 2 aromatic heterocycles. The maximum Gasteiger partial charge on any atom is 0.490 e. The van der Waals surface area contributed by atoms with Crippen molar-refractivity contribution in [2.45, 2.75) is 24.7 Å². The molecule has 2 unspecified atom stereocenters. The summed E-state index contributed by atoms with van der Waals surface area (Å²) in [5.41, 5.74) is 0.951. The molecule has 0 bridgehead atoms. The van der Waals surface area contributed by atoms with Gasteiger partial charge in [0.1, 0.15) is 6.61 Å². The van der Waals surface area contributed by atoms with E-state index in [9.17, 15) is 23.4 Å². The van der Waals surface area contributed by atoms with Crippen LogP contribution in [-0.4, -0.2) is 57.2 Å². The van der Waals surface area contributed by atoms with Gasteiger partial charge in [0.15, 0.2) is 17.4 Å². The van der Waals surface area contributed by atoms with Crippen molar-refractivity contribution in [3.05, 3.63) is 16.7 Å². The average Bonchev–Trinajstić information content (AvgIpc) is 3.18. The first kappa shape index (κ1) is 27.5. The molecule has 0 radical (unpaired) electrons. The summed E-state index contributed by atoms with van der Waals surface area (Å²) in [7, 11) is -17.3. The Morgan fingerprint density at radius 1 is 1.29 bits per heavy atom. The van der Waals surface area contributed by atoms with Crippen molar-refractivity contribution < 1.29 is 59.9 Å². The number of aromatic nitrogens is 4. The second-order valence-corrected chi connectivity index (χ2v) is 11.5. The summed E-state index contributed by atoms with van der Waals surface area (Å²) >= 11 is 0. The number of fused-ring (bicyclic) bond motifs is 1. The van der Waals surface area contributed by atoms with E-state index in [0.717, 1.165) is 17.8 Å². The van der Waals surface area contributed by atoms with E-state index in [1.807, 2.05) is 0 Å². The predicted molar refractivity (Wildman–Crippen MR) is 108 cm³/mol. The van der Waals surface area contributed by atoms with Crippen LogP contribution in [-0.2, 0) is 31.6 Å². The number of nitrogens with one attached hydrogen (secondary N) is 1. The van der Waals surface area contributed by atoms with E-state index in [-0.39, 0.29) is 11.2 Å². The van der Waals surface area contributed by atoms with Gasteiger partial charge < -0.3 is 30.0 Å². The van der Waals surface area contributed by atoms with E-state index in [1.54, 1.807) is 5.92 Å². The van der Waals surface area contributed by atoms with Crippen molar-refractivity contribution in [2.24, 2.45) is 5.92 Å². The highest BCUT2D eigenvalue weighted by molar-refractivity contribution is 7.66. The van der Waals surface area contributed by atoms with Crippen LogP contribution in [0, 0.1) is 18.3 Å². The standard InChI is InChI=1S/C13H16F2N5O12P3/c1-3-12(14)6(2)13(15,4-29-34(25,26)32-35(27,28)31-33(22,23)24)30-10(12)20-5-17-7-8(20)18-11(16)19-9(7)21/h1,5-6,10H,4H2,2H3,(H,25,26)(H,27,28)(H2,22,23,24)(H3,16,18,19,21)/t6-,10+,12+,13+/m0/s1. The number of nitrogens with two attached hydrogens (primary N) is 1. The van der Waals surface area contributed by atoms with Crippen LogP contribution in [0.5, 0.6) is 0 Å². The van der Waals surface area contributed by atoms with Gasteiger partial charge in [-0.2, -0.15) is 13.6 Å². The topological polar surface area (TPSA) is 259 Å². The molecule has 35 heavy (non-hydrogen) atoms. The number of anilines is 1. The van der Waals surface area contributed by atoms with Gasteiger partial charge in [0.2, 0.25) is 17.5 Å². The molecule has 1 aliphatic rings. The largest absolute Gasteiger partial charge is 0.490 e. The van der Waals surface area contributed by atoms with E-state index >= 15 is 8.78 Å². The number of phosphoric acid groups is 3. The van der Waals surface area contributed by atoms with Gasteiger partial charge in [-0.3, -0.25) is 18.9 Å². The summed E-state index contributed by atoms with van der Waals surface area (Å²) in [6, 6.07) is 0. The molecule has 3 rings (SSSR count). The lowest BCUT2D eigenvalue weighted by molar-refractivity contribution is -0.188. The van der Waals surface area contributed by atoms with Crippen LogP contribution in [0.1, 0.15) is 13.2 Å². The van der Waals surface area contributed by atoms with Crippen LogP contribution in [0.25, 0.3) is 11.2 Å². The number of halogens is 2. The molecule has 2 aromatic rings. The molecule has 0 spiro atoms. The first-order valence-corrected chi connectivity index (χ1v) is 13.4. The van der Waals surface area contributed by atoms with Gasteiger partial charge >= 0.3 is 23.5 Å². The Morgan fingerprint density at radius 2 is 1.91 bits per heavy atom. The summed E-state index contributed by atoms with van der Waals surface area (Å²) in [6.07, 6.45) is 4.03. The molecule has 1 saturated heterocycles. The van der Waals surface area contributed by atoms with Crippen LogP contribution in [0.15, 0.2) is 11.1 Å². The average molecular weight is 565 g/mol. The quantitative estimate of drug-likeness (QED) is 0.185. The number of nitrogens with zero attached hydrogens (tertiary/aromatic N) is 3. The zero-order valence-electron chi connectivity index (χ0n) is 17.1. The molecule has 0 aliphatic carbocycles. The smallest absolute Gasteiger partial charge is 0.369 e. The third-order valence-corrected chi connectivity index (χ3v) is 8.49. The summed E-state index contributed by atoms with van der Waals surface area (Å²) in [4.78, 5) is 57.4.